The van der Waals surface area contributed by atoms with Gasteiger partial charge in [-0.2, -0.15) is 5.10 Å². The summed E-state index contributed by atoms with van der Waals surface area (Å²) in [6, 6.07) is 4.30. The van der Waals surface area contributed by atoms with Gasteiger partial charge in [0.15, 0.2) is 11.5 Å². The zero-order chi connectivity index (χ0) is 19.6. The zero-order valence-electron chi connectivity index (χ0n) is 17.1. The monoisotopic (exact) mass is 380 g/mol. The standard InChI is InChI=1S/C20H32N2O5/c1-23-13-16(12-21-22-8-6-7-17(22)14-24-2)9-15-10-18(25-3)20(27-5)19(11-15)26-4/h10-12,16-17H,6-9,13-14H2,1-5H3/b21-12+/t16-,17+/m1/s1. The molecule has 1 aliphatic heterocycles. The van der Waals surface area contributed by atoms with E-state index in [1.807, 2.05) is 18.3 Å². The van der Waals surface area contributed by atoms with Crippen molar-refractivity contribution < 1.29 is 23.7 Å². The Hall–Kier alpha value is -1.99. The highest BCUT2D eigenvalue weighted by Gasteiger charge is 2.23. The highest BCUT2D eigenvalue weighted by molar-refractivity contribution is 5.62. The summed E-state index contributed by atoms with van der Waals surface area (Å²) in [6.45, 7) is 2.26. The SMILES string of the molecule is COC[C@@H](/C=N/N1CCC[C@H]1COC)Cc1cc(OC)c(OC)c(OC)c1. The second-order valence-corrected chi connectivity index (χ2v) is 6.63. The maximum absolute atomic E-state index is 5.45. The van der Waals surface area contributed by atoms with Crippen molar-refractivity contribution in [3.63, 3.8) is 0 Å². The fourth-order valence-corrected chi connectivity index (χ4v) is 3.44. The van der Waals surface area contributed by atoms with Crippen LogP contribution in [0.4, 0.5) is 0 Å². The van der Waals surface area contributed by atoms with E-state index in [9.17, 15) is 0 Å². The number of ether oxygens (including phenoxy) is 5. The van der Waals surface area contributed by atoms with Gasteiger partial charge < -0.3 is 23.7 Å². The molecule has 0 saturated carbocycles. The Morgan fingerprint density at radius 1 is 1.07 bits per heavy atom. The van der Waals surface area contributed by atoms with Gasteiger partial charge in [-0.05, 0) is 37.0 Å². The first-order chi connectivity index (χ1) is 13.2. The van der Waals surface area contributed by atoms with Crippen LogP contribution in [0, 0.1) is 5.92 Å². The van der Waals surface area contributed by atoms with E-state index in [0.717, 1.165) is 31.4 Å². The van der Waals surface area contributed by atoms with Gasteiger partial charge in [0.1, 0.15) is 0 Å². The Bertz CT molecular complexity index is 583. The van der Waals surface area contributed by atoms with Crippen molar-refractivity contribution in [3.8, 4) is 17.2 Å². The fraction of sp³-hybridized carbons (Fsp3) is 0.650. The summed E-state index contributed by atoms with van der Waals surface area (Å²) in [5.74, 6) is 2.04. The molecule has 2 atom stereocenters. The first-order valence-corrected chi connectivity index (χ1v) is 9.24. The van der Waals surface area contributed by atoms with Gasteiger partial charge in [-0.1, -0.05) is 0 Å². The summed E-state index contributed by atoms with van der Waals surface area (Å²) < 4.78 is 27.0. The van der Waals surface area contributed by atoms with Crippen LogP contribution in [0.3, 0.4) is 0 Å². The van der Waals surface area contributed by atoms with E-state index in [2.05, 4.69) is 5.01 Å². The lowest BCUT2D eigenvalue weighted by molar-refractivity contribution is 0.117. The number of hydrogen-bond donors (Lipinski definition) is 0. The van der Waals surface area contributed by atoms with Gasteiger partial charge in [0.25, 0.3) is 0 Å². The van der Waals surface area contributed by atoms with E-state index in [-0.39, 0.29) is 5.92 Å². The molecular formula is C20H32N2O5. The molecule has 1 heterocycles. The third-order valence-corrected chi connectivity index (χ3v) is 4.73. The van der Waals surface area contributed by atoms with Crippen molar-refractivity contribution in [1.82, 2.24) is 5.01 Å². The van der Waals surface area contributed by atoms with Gasteiger partial charge in [0, 0.05) is 32.9 Å². The number of hydrogen-bond acceptors (Lipinski definition) is 7. The lowest BCUT2D eigenvalue weighted by Crippen LogP contribution is -2.29. The molecule has 1 saturated heterocycles. The third kappa shape index (κ3) is 5.74. The van der Waals surface area contributed by atoms with E-state index >= 15 is 0 Å². The van der Waals surface area contributed by atoms with E-state index in [1.165, 1.54) is 0 Å². The van der Waals surface area contributed by atoms with Crippen LogP contribution in [0.5, 0.6) is 17.2 Å². The van der Waals surface area contributed by atoms with Crippen LogP contribution >= 0.6 is 0 Å². The molecular weight excluding hydrogens is 348 g/mol. The topological polar surface area (TPSA) is 61.8 Å². The van der Waals surface area contributed by atoms with Crippen molar-refractivity contribution in [2.24, 2.45) is 11.0 Å². The van der Waals surface area contributed by atoms with E-state index in [1.54, 1.807) is 35.5 Å². The third-order valence-electron chi connectivity index (χ3n) is 4.73. The van der Waals surface area contributed by atoms with Gasteiger partial charge in [0.05, 0.1) is 40.6 Å². The smallest absolute Gasteiger partial charge is 0.203 e. The Labute approximate surface area is 162 Å². The Balaban J connectivity index is 2.14. The molecule has 1 aliphatic rings. The highest BCUT2D eigenvalue weighted by Crippen LogP contribution is 2.38. The summed E-state index contributed by atoms with van der Waals surface area (Å²) in [6.07, 6.45) is 5.01. The molecule has 0 N–H and O–H groups in total. The number of nitrogens with zero attached hydrogens (tertiary/aromatic N) is 2. The molecule has 0 bridgehead atoms. The molecule has 0 radical (unpaired) electrons. The second kappa shape index (κ2) is 11.0. The van der Waals surface area contributed by atoms with Crippen LogP contribution in [0.25, 0.3) is 0 Å². The van der Waals surface area contributed by atoms with Gasteiger partial charge in [0.2, 0.25) is 5.75 Å². The largest absolute Gasteiger partial charge is 0.493 e. The van der Waals surface area contributed by atoms with Crippen molar-refractivity contribution >= 4 is 6.21 Å². The maximum Gasteiger partial charge on any atom is 0.203 e. The van der Waals surface area contributed by atoms with Gasteiger partial charge in [-0.3, -0.25) is 5.01 Å². The molecule has 1 fully saturated rings. The van der Waals surface area contributed by atoms with Crippen molar-refractivity contribution in [3.05, 3.63) is 17.7 Å². The normalized spacial score (nSPS) is 18.1. The Kier molecular flexibility index (Phi) is 8.67. The lowest BCUT2D eigenvalue weighted by Gasteiger charge is -2.22. The minimum absolute atomic E-state index is 0.140. The van der Waals surface area contributed by atoms with Gasteiger partial charge in [-0.25, -0.2) is 0 Å². The second-order valence-electron chi connectivity index (χ2n) is 6.63. The molecule has 7 heteroatoms. The van der Waals surface area contributed by atoms with E-state index in [0.29, 0.717) is 36.5 Å². The average Bonchev–Trinajstić information content (AvgIpc) is 3.12. The molecule has 1 aromatic rings. The zero-order valence-corrected chi connectivity index (χ0v) is 17.1. The van der Waals surface area contributed by atoms with Gasteiger partial charge in [-0.15, -0.1) is 0 Å². The van der Waals surface area contributed by atoms with Crippen LogP contribution in [0.15, 0.2) is 17.2 Å². The average molecular weight is 380 g/mol. The summed E-state index contributed by atoms with van der Waals surface area (Å²) in [5, 5.41) is 6.84. The molecule has 1 aromatic carbocycles. The first kappa shape index (κ1) is 21.3. The van der Waals surface area contributed by atoms with Crippen LogP contribution in [-0.2, 0) is 15.9 Å². The Morgan fingerprint density at radius 3 is 2.33 bits per heavy atom. The summed E-state index contributed by atoms with van der Waals surface area (Å²) in [7, 11) is 8.29. The van der Waals surface area contributed by atoms with E-state index in [4.69, 9.17) is 28.8 Å². The predicted octanol–water partition coefficient (Wildman–Crippen LogP) is 2.61. The number of hydrazone groups is 1. The molecule has 0 unspecified atom stereocenters. The molecule has 152 valence electrons. The predicted molar refractivity (Wildman–Crippen MR) is 105 cm³/mol. The highest BCUT2D eigenvalue weighted by atomic mass is 16.5. The van der Waals surface area contributed by atoms with E-state index < -0.39 is 0 Å². The Morgan fingerprint density at radius 2 is 1.78 bits per heavy atom. The van der Waals surface area contributed by atoms with Crippen molar-refractivity contribution in [1.29, 1.82) is 0 Å². The summed E-state index contributed by atoms with van der Waals surface area (Å²) >= 11 is 0. The number of rotatable bonds is 11. The first-order valence-electron chi connectivity index (χ1n) is 9.24. The van der Waals surface area contributed by atoms with Crippen LogP contribution < -0.4 is 14.2 Å². The van der Waals surface area contributed by atoms with Crippen molar-refractivity contribution in [2.45, 2.75) is 25.3 Å². The van der Waals surface area contributed by atoms with Crippen LogP contribution in [-0.4, -0.2) is 72.6 Å². The molecule has 0 amide bonds. The summed E-state index contributed by atoms with van der Waals surface area (Å²) in [5.41, 5.74) is 1.08. The molecule has 2 rings (SSSR count). The molecule has 0 spiro atoms. The fourth-order valence-electron chi connectivity index (χ4n) is 3.44. The number of methoxy groups -OCH3 is 5. The van der Waals surface area contributed by atoms with Gasteiger partial charge >= 0.3 is 0 Å². The van der Waals surface area contributed by atoms with Crippen LogP contribution in [0.2, 0.25) is 0 Å². The quantitative estimate of drug-likeness (QED) is 0.550. The minimum atomic E-state index is 0.140. The van der Waals surface area contributed by atoms with Crippen molar-refractivity contribution in [2.75, 3.05) is 55.3 Å². The van der Waals surface area contributed by atoms with Crippen LogP contribution in [0.1, 0.15) is 18.4 Å². The molecule has 27 heavy (non-hydrogen) atoms. The molecule has 0 aromatic heterocycles. The lowest BCUT2D eigenvalue weighted by atomic mass is 10.0. The number of benzene rings is 1. The minimum Gasteiger partial charge on any atom is -0.493 e. The maximum atomic E-state index is 5.45. The molecule has 7 nitrogen and oxygen atoms in total. The summed E-state index contributed by atoms with van der Waals surface area (Å²) in [4.78, 5) is 0. The molecule has 0 aliphatic carbocycles.